The Morgan fingerprint density at radius 3 is 2.74 bits per heavy atom. The molecule has 6 nitrogen and oxygen atoms in total. The summed E-state index contributed by atoms with van der Waals surface area (Å²) >= 11 is 0. The van der Waals surface area contributed by atoms with Gasteiger partial charge in [0.25, 0.3) is 0 Å². The van der Waals surface area contributed by atoms with Crippen molar-refractivity contribution in [1.82, 2.24) is 15.0 Å². The van der Waals surface area contributed by atoms with E-state index in [0.717, 1.165) is 37.2 Å². The number of aliphatic hydroxyl groups is 1. The smallest absolute Gasteiger partial charge is 0.235 e. The number of aryl methyl sites for hydroxylation is 1. The van der Waals surface area contributed by atoms with Gasteiger partial charge in [0.2, 0.25) is 5.89 Å². The number of nitrogens with zero attached hydrogens (tertiary/aromatic N) is 3. The molecule has 3 aliphatic heterocycles. The number of para-hydroxylation sites is 1. The van der Waals surface area contributed by atoms with E-state index in [0.29, 0.717) is 18.3 Å². The Kier molecular flexibility index (Phi) is 5.72. The number of ether oxygens (including phenoxy) is 1. The molecule has 1 aromatic carbocycles. The minimum atomic E-state index is -0.585. The molecule has 3 fully saturated rings. The molecule has 2 bridgehead atoms. The molecule has 2 aromatic rings. The van der Waals surface area contributed by atoms with E-state index in [1.54, 1.807) is 0 Å². The van der Waals surface area contributed by atoms with Crippen molar-refractivity contribution in [2.24, 2.45) is 0 Å². The van der Waals surface area contributed by atoms with Gasteiger partial charge in [0.05, 0.1) is 17.6 Å². The molecule has 4 heterocycles. The fraction of sp³-hybridized carbons (Fsp3) is 0.500. The van der Waals surface area contributed by atoms with Crippen molar-refractivity contribution >= 4 is 14.5 Å². The lowest BCUT2D eigenvalue weighted by Gasteiger charge is -2.54. The molecular formula is C20H25BN3O3. The van der Waals surface area contributed by atoms with E-state index in [-0.39, 0.29) is 14.5 Å². The van der Waals surface area contributed by atoms with Crippen molar-refractivity contribution in [3.8, 4) is 5.75 Å². The molecule has 3 saturated heterocycles. The van der Waals surface area contributed by atoms with Gasteiger partial charge in [-0.1, -0.05) is 35.5 Å². The first kappa shape index (κ1) is 19.6. The molecule has 1 aromatic heterocycles. The topological polar surface area (TPSA) is 71.6 Å². The summed E-state index contributed by atoms with van der Waals surface area (Å²) in [6.45, 7) is 6.05. The number of rotatable bonds is 5. The van der Waals surface area contributed by atoms with Gasteiger partial charge in [-0.2, -0.15) is 4.98 Å². The normalized spacial score (nSPS) is 29.7. The van der Waals surface area contributed by atoms with Gasteiger partial charge in [-0.25, -0.2) is 0 Å². The van der Waals surface area contributed by atoms with Crippen LogP contribution in [-0.4, -0.2) is 60.4 Å². The molecule has 3 radical (unpaired) electrons. The van der Waals surface area contributed by atoms with Crippen LogP contribution in [0.2, 0.25) is 0 Å². The second-order valence-corrected chi connectivity index (χ2v) is 7.20. The van der Waals surface area contributed by atoms with Crippen molar-refractivity contribution in [2.75, 3.05) is 19.7 Å². The molecule has 2 atom stereocenters. The van der Waals surface area contributed by atoms with E-state index in [1.807, 2.05) is 50.3 Å². The van der Waals surface area contributed by atoms with Crippen molar-refractivity contribution < 1.29 is 14.4 Å². The van der Waals surface area contributed by atoms with Gasteiger partial charge < -0.3 is 14.4 Å². The third kappa shape index (κ3) is 3.41. The summed E-state index contributed by atoms with van der Waals surface area (Å²) in [5, 5.41) is 15.1. The summed E-state index contributed by atoms with van der Waals surface area (Å²) in [5.41, 5.74) is 0.593. The lowest BCUT2D eigenvalue weighted by atomic mass is 9.66. The van der Waals surface area contributed by atoms with Crippen molar-refractivity contribution in [1.29, 1.82) is 0 Å². The minimum absolute atomic E-state index is 0. The number of benzene rings is 1. The van der Waals surface area contributed by atoms with Crippen LogP contribution in [0.3, 0.4) is 0 Å². The molecule has 141 valence electrons. The fourth-order valence-electron chi connectivity index (χ4n) is 4.26. The fourth-order valence-corrected chi connectivity index (χ4v) is 4.26. The van der Waals surface area contributed by atoms with Crippen LogP contribution in [0, 0.1) is 6.92 Å². The first-order chi connectivity index (χ1) is 12.6. The third-order valence-electron chi connectivity index (χ3n) is 5.72. The van der Waals surface area contributed by atoms with Crippen LogP contribution in [0.1, 0.15) is 37.0 Å². The van der Waals surface area contributed by atoms with E-state index in [9.17, 15) is 5.11 Å². The number of aromatic nitrogens is 2. The monoisotopic (exact) mass is 366 g/mol. The standard InChI is InChI=1S/C20H25N3O3.B/c1-3-6-15-7-4-5-8-17(15)25-13-16-18(24)20(9-11-23(16)12-10-20)19-21-14(2)22-26-19;/h3-8,16,18,24H,9-13H2,1-2H3;/b6-3-;. The van der Waals surface area contributed by atoms with Gasteiger partial charge in [0.1, 0.15) is 12.4 Å². The highest BCUT2D eigenvalue weighted by molar-refractivity contribution is 5.75. The molecule has 0 amide bonds. The summed E-state index contributed by atoms with van der Waals surface area (Å²) in [6, 6.07) is 7.88. The highest BCUT2D eigenvalue weighted by Crippen LogP contribution is 2.45. The van der Waals surface area contributed by atoms with Crippen molar-refractivity contribution in [3.63, 3.8) is 0 Å². The predicted octanol–water partition coefficient (Wildman–Crippen LogP) is 2.19. The first-order valence-corrected chi connectivity index (χ1v) is 9.21. The van der Waals surface area contributed by atoms with Crippen LogP contribution in [-0.2, 0) is 5.41 Å². The van der Waals surface area contributed by atoms with Crippen LogP contribution < -0.4 is 4.74 Å². The zero-order valence-electron chi connectivity index (χ0n) is 15.8. The Balaban J connectivity index is 0.00000210. The molecule has 7 heteroatoms. The molecular weight excluding hydrogens is 341 g/mol. The summed E-state index contributed by atoms with van der Waals surface area (Å²) in [4.78, 5) is 6.75. The molecule has 0 saturated carbocycles. The molecule has 2 unspecified atom stereocenters. The Morgan fingerprint density at radius 1 is 1.33 bits per heavy atom. The van der Waals surface area contributed by atoms with Crippen LogP contribution in [0.5, 0.6) is 5.75 Å². The number of hydrogen-bond donors (Lipinski definition) is 1. The maximum atomic E-state index is 11.2. The van der Waals surface area contributed by atoms with Crippen LogP contribution in [0.25, 0.3) is 6.08 Å². The Labute approximate surface area is 161 Å². The van der Waals surface area contributed by atoms with Crippen LogP contribution >= 0.6 is 0 Å². The Hall–Kier alpha value is -2.12. The molecule has 27 heavy (non-hydrogen) atoms. The lowest BCUT2D eigenvalue weighted by Crippen LogP contribution is -2.67. The maximum Gasteiger partial charge on any atom is 0.235 e. The SMILES string of the molecule is C/C=C\c1ccccc1OCC1C(O)C2(c3nc(C)no3)CCN1CC2.[B]. The van der Waals surface area contributed by atoms with Gasteiger partial charge in [0, 0.05) is 14.0 Å². The average Bonchev–Trinajstić information content (AvgIpc) is 3.10. The van der Waals surface area contributed by atoms with E-state index < -0.39 is 11.5 Å². The summed E-state index contributed by atoms with van der Waals surface area (Å²) < 4.78 is 11.6. The molecule has 0 spiro atoms. The maximum absolute atomic E-state index is 11.2. The van der Waals surface area contributed by atoms with E-state index in [4.69, 9.17) is 9.26 Å². The second kappa shape index (κ2) is 7.86. The molecule has 5 rings (SSSR count). The quantitative estimate of drug-likeness (QED) is 0.818. The predicted molar refractivity (Wildman–Crippen MR) is 104 cm³/mol. The van der Waals surface area contributed by atoms with Crippen molar-refractivity contribution in [2.45, 2.75) is 44.2 Å². The lowest BCUT2D eigenvalue weighted by molar-refractivity contribution is -0.113. The van der Waals surface area contributed by atoms with Crippen LogP contribution in [0.4, 0.5) is 0 Å². The number of piperidine rings is 3. The molecule has 1 N–H and O–H groups in total. The highest BCUT2D eigenvalue weighted by Gasteiger charge is 2.56. The number of fused-ring (bicyclic) bond motifs is 3. The zero-order chi connectivity index (χ0) is 18.1. The first-order valence-electron chi connectivity index (χ1n) is 9.21. The van der Waals surface area contributed by atoms with E-state index >= 15 is 0 Å². The highest BCUT2D eigenvalue weighted by atomic mass is 16.5. The number of hydrogen-bond acceptors (Lipinski definition) is 6. The second-order valence-electron chi connectivity index (χ2n) is 7.20. The molecule has 0 aliphatic carbocycles. The largest absolute Gasteiger partial charge is 0.491 e. The van der Waals surface area contributed by atoms with Crippen molar-refractivity contribution in [3.05, 3.63) is 47.6 Å². The van der Waals surface area contributed by atoms with Gasteiger partial charge in [0.15, 0.2) is 5.82 Å². The molecule has 3 aliphatic rings. The third-order valence-corrected chi connectivity index (χ3v) is 5.72. The van der Waals surface area contributed by atoms with Gasteiger partial charge in [-0.3, -0.25) is 4.90 Å². The van der Waals surface area contributed by atoms with Gasteiger partial charge in [-0.05, 0) is 45.8 Å². The Morgan fingerprint density at radius 2 is 2.07 bits per heavy atom. The van der Waals surface area contributed by atoms with Gasteiger partial charge >= 0.3 is 0 Å². The number of aliphatic hydroxyl groups excluding tert-OH is 1. The average molecular weight is 366 g/mol. The Bertz CT molecular complexity index is 799. The van der Waals surface area contributed by atoms with E-state index in [1.165, 1.54) is 0 Å². The minimum Gasteiger partial charge on any atom is -0.491 e. The zero-order valence-corrected chi connectivity index (χ0v) is 15.8. The van der Waals surface area contributed by atoms with Gasteiger partial charge in [-0.15, -0.1) is 0 Å². The summed E-state index contributed by atoms with van der Waals surface area (Å²) in [5.74, 6) is 2.02. The summed E-state index contributed by atoms with van der Waals surface area (Å²) in [6.07, 6.45) is 5.11. The number of allylic oxidation sites excluding steroid dienone is 1. The van der Waals surface area contributed by atoms with E-state index in [2.05, 4.69) is 15.0 Å². The van der Waals surface area contributed by atoms with Crippen LogP contribution in [0.15, 0.2) is 34.9 Å². The summed E-state index contributed by atoms with van der Waals surface area (Å²) in [7, 11) is 0.